The summed E-state index contributed by atoms with van der Waals surface area (Å²) in [4.78, 5) is 87.4. The van der Waals surface area contributed by atoms with Gasteiger partial charge in [0.05, 0.1) is 30.5 Å². The predicted molar refractivity (Wildman–Crippen MR) is 268 cm³/mol. The van der Waals surface area contributed by atoms with Gasteiger partial charge in [-0.15, -0.1) is 0 Å². The molecule has 22 nitrogen and oxygen atoms in total. The first-order chi connectivity index (χ1) is 35.6. The normalized spacial score (nSPS) is 29.1. The molecule has 0 unspecified atom stereocenters. The van der Waals surface area contributed by atoms with E-state index >= 15 is 0 Å². The number of aromatic hydroxyl groups is 1. The van der Waals surface area contributed by atoms with Gasteiger partial charge in [0.2, 0.25) is 35.4 Å². The third kappa shape index (κ3) is 13.0. The molecular formula is C53H65N7O15. The topological polar surface area (TPSA) is 351 Å². The molecule has 14 N–H and O–H groups in total. The number of aliphatic hydroxyl groups excluding tert-OH is 8. The zero-order chi connectivity index (χ0) is 54.4. The maximum absolute atomic E-state index is 14.4. The summed E-state index contributed by atoms with van der Waals surface area (Å²) in [6.07, 6.45) is -15.9. The second-order valence-corrected chi connectivity index (χ2v) is 19.6. The van der Waals surface area contributed by atoms with Gasteiger partial charge in [0.1, 0.15) is 54.3 Å². The lowest BCUT2D eigenvalue weighted by Crippen LogP contribution is -2.64. The molecule has 0 bridgehead atoms. The third-order valence-corrected chi connectivity index (χ3v) is 14.0. The Morgan fingerprint density at radius 1 is 0.587 bits per heavy atom. The Morgan fingerprint density at radius 2 is 1.11 bits per heavy atom. The van der Waals surface area contributed by atoms with Crippen molar-refractivity contribution in [1.82, 2.24) is 36.4 Å². The lowest BCUT2D eigenvalue weighted by atomic mass is 9.96. The molecule has 4 aromatic carbocycles. The molecule has 4 aromatic rings. The van der Waals surface area contributed by atoms with Gasteiger partial charge in [0.15, 0.2) is 6.23 Å². The number of phenols is 1. The predicted octanol–water partition coefficient (Wildman–Crippen LogP) is -2.14. The quantitative estimate of drug-likeness (QED) is 0.0806. The lowest BCUT2D eigenvalue weighted by Gasteiger charge is -2.34. The molecule has 75 heavy (non-hydrogen) atoms. The molecule has 3 heterocycles. The zero-order valence-corrected chi connectivity index (χ0v) is 41.4. The Hall–Kier alpha value is -6.86. The van der Waals surface area contributed by atoms with Gasteiger partial charge in [-0.2, -0.15) is 0 Å². The van der Waals surface area contributed by atoms with E-state index in [-0.39, 0.29) is 24.4 Å². The SMILES string of the molecule is C[C@@H](O)[C@@H]1NC(=O)[C@H]([C@H](O)[C@@H](O)c2ccc(O)cc2)NC(=O)[C@@H]2C[C@@H](O)CN2C(=O)[C@H]([C@@H](C)O)NC(=O)[C@H](NCc2ccc(-c3ccc(-c4ccccc4)cc3)cc2)C[C@@H](O)[C@@H](O)NC(=O)[C@@H]2[C@@H](O)[C@@H](C)CN2C1=O. The Bertz CT molecular complexity index is 2640. The van der Waals surface area contributed by atoms with Crippen LogP contribution in [-0.2, 0) is 35.3 Å². The molecule has 3 aliphatic rings. The number of carbonyl (C=O) groups excluding carboxylic acids is 6. The molecule has 6 amide bonds. The first-order valence-electron chi connectivity index (χ1n) is 24.7. The fourth-order valence-electron chi connectivity index (χ4n) is 9.62. The van der Waals surface area contributed by atoms with Crippen molar-refractivity contribution in [2.75, 3.05) is 13.1 Å². The fourth-order valence-corrected chi connectivity index (χ4v) is 9.62. The highest BCUT2D eigenvalue weighted by Crippen LogP contribution is 2.29. The molecule has 3 saturated heterocycles. The van der Waals surface area contributed by atoms with Gasteiger partial charge in [0.25, 0.3) is 0 Å². The molecule has 0 aromatic heterocycles. The molecule has 402 valence electrons. The minimum atomic E-state index is -2.26. The molecule has 0 aliphatic carbocycles. The van der Waals surface area contributed by atoms with Crippen LogP contribution in [-0.4, -0.2) is 183 Å². The number of hydrogen-bond donors (Lipinski definition) is 14. The van der Waals surface area contributed by atoms with Crippen LogP contribution in [0, 0.1) is 5.92 Å². The first-order valence-corrected chi connectivity index (χ1v) is 24.7. The van der Waals surface area contributed by atoms with Crippen molar-refractivity contribution in [3.8, 4) is 28.0 Å². The van der Waals surface area contributed by atoms with E-state index in [2.05, 4.69) is 26.6 Å². The molecule has 22 heteroatoms. The van der Waals surface area contributed by atoms with E-state index in [1.165, 1.54) is 38.1 Å². The Morgan fingerprint density at radius 3 is 1.68 bits per heavy atom. The standard InChI is InChI=1S/C53H65N7O15/c1-26-24-60-43(44(26)66)51(73)58-49(71)39(65)22-37(54-23-29-9-11-31(12-10-29)33-15-13-32(14-16-33)30-7-5-4-6-8-30)47(69)55-40(27(2)61)52(74)59-25-36(64)21-38(59)48(70)57-42(50(72)56-41(28(3)62)53(60)75)46(68)45(67)34-17-19-35(63)20-18-34/h4-20,26-28,36-46,49,54,61-68,71H,21-25H2,1-3H3,(H,55,69)(H,56,72)(H,57,70)(H,58,73)/t26-,27+,28+,36+,37+,38-,39+,40-,41-,42-,43-,44-,45-,46-,49+/m0/s1. The van der Waals surface area contributed by atoms with Gasteiger partial charge in [0, 0.05) is 38.4 Å². The summed E-state index contributed by atoms with van der Waals surface area (Å²) in [7, 11) is 0. The van der Waals surface area contributed by atoms with Gasteiger partial charge >= 0.3 is 0 Å². The summed E-state index contributed by atoms with van der Waals surface area (Å²) in [5, 5.41) is 112. The van der Waals surface area contributed by atoms with E-state index in [0.717, 1.165) is 39.0 Å². The van der Waals surface area contributed by atoms with Crippen molar-refractivity contribution in [3.05, 3.63) is 114 Å². The molecule has 3 fully saturated rings. The van der Waals surface area contributed by atoms with Crippen LogP contribution >= 0.6 is 0 Å². The number of carbonyl (C=O) groups is 6. The molecule has 0 saturated carbocycles. The molecule has 15 atom stereocenters. The number of fused-ring (bicyclic) bond motifs is 2. The van der Waals surface area contributed by atoms with Crippen molar-refractivity contribution in [3.63, 3.8) is 0 Å². The number of nitrogens with one attached hydrogen (secondary N) is 5. The Kier molecular flexibility index (Phi) is 18.0. The van der Waals surface area contributed by atoms with Crippen molar-refractivity contribution < 1.29 is 74.7 Å². The van der Waals surface area contributed by atoms with Gasteiger partial charge < -0.3 is 82.3 Å². The second-order valence-electron chi connectivity index (χ2n) is 19.6. The number of benzene rings is 4. The number of nitrogens with zero attached hydrogens (tertiary/aromatic N) is 2. The number of hydrogen-bond acceptors (Lipinski definition) is 16. The fraction of sp³-hybridized carbons (Fsp3) is 0.434. The zero-order valence-electron chi connectivity index (χ0n) is 41.4. The van der Waals surface area contributed by atoms with Crippen LogP contribution in [0.4, 0.5) is 0 Å². The van der Waals surface area contributed by atoms with Gasteiger partial charge in [-0.25, -0.2) is 0 Å². The average molecular weight is 1040 g/mol. The van der Waals surface area contributed by atoms with E-state index < -0.39 is 146 Å². The van der Waals surface area contributed by atoms with E-state index in [9.17, 15) is 74.7 Å². The lowest BCUT2D eigenvalue weighted by molar-refractivity contribution is -0.148. The molecule has 7 rings (SSSR count). The summed E-state index contributed by atoms with van der Waals surface area (Å²) >= 11 is 0. The van der Waals surface area contributed by atoms with Gasteiger partial charge in [-0.3, -0.25) is 28.8 Å². The summed E-state index contributed by atoms with van der Waals surface area (Å²) in [6.45, 7) is 2.88. The summed E-state index contributed by atoms with van der Waals surface area (Å²) < 4.78 is 0. The first kappa shape index (κ1) is 55.9. The van der Waals surface area contributed by atoms with Crippen molar-refractivity contribution >= 4 is 35.4 Å². The highest BCUT2D eigenvalue weighted by atomic mass is 16.3. The number of amides is 6. The van der Waals surface area contributed by atoms with E-state index in [0.29, 0.717) is 5.56 Å². The maximum atomic E-state index is 14.4. The van der Waals surface area contributed by atoms with E-state index in [1.807, 2.05) is 66.7 Å². The largest absolute Gasteiger partial charge is 0.508 e. The van der Waals surface area contributed by atoms with E-state index in [4.69, 9.17) is 0 Å². The van der Waals surface area contributed by atoms with Crippen LogP contribution in [0.1, 0.15) is 50.8 Å². The minimum Gasteiger partial charge on any atom is -0.508 e. The third-order valence-electron chi connectivity index (χ3n) is 14.0. The van der Waals surface area contributed by atoms with Crippen LogP contribution in [0.5, 0.6) is 5.75 Å². The monoisotopic (exact) mass is 1040 g/mol. The summed E-state index contributed by atoms with van der Waals surface area (Å²) in [5.41, 5.74) is 4.51. The number of rotatable bonds is 10. The van der Waals surface area contributed by atoms with Crippen LogP contribution < -0.4 is 26.6 Å². The smallest absolute Gasteiger partial charge is 0.248 e. The highest BCUT2D eigenvalue weighted by molar-refractivity contribution is 5.98. The van der Waals surface area contributed by atoms with Gasteiger partial charge in [-0.1, -0.05) is 97.9 Å². The molecule has 0 spiro atoms. The summed E-state index contributed by atoms with van der Waals surface area (Å²) in [5.74, 6) is -7.99. The molecule has 0 radical (unpaired) electrons. The van der Waals surface area contributed by atoms with Gasteiger partial charge in [-0.05, 0) is 59.4 Å². The molecular weight excluding hydrogens is 975 g/mol. The highest BCUT2D eigenvalue weighted by Gasteiger charge is 2.50. The Balaban J connectivity index is 1.20. The number of aliphatic hydroxyl groups is 8. The minimum absolute atomic E-state index is 0.0385. The van der Waals surface area contributed by atoms with Crippen molar-refractivity contribution in [2.24, 2.45) is 5.92 Å². The van der Waals surface area contributed by atoms with Crippen LogP contribution in [0.3, 0.4) is 0 Å². The molecule has 3 aliphatic heterocycles. The van der Waals surface area contributed by atoms with Crippen molar-refractivity contribution in [2.45, 2.75) is 125 Å². The van der Waals surface area contributed by atoms with Crippen molar-refractivity contribution in [1.29, 1.82) is 0 Å². The number of phenolic OH excluding ortho intramolecular Hbond substituents is 1. The van der Waals surface area contributed by atoms with Crippen LogP contribution in [0.25, 0.3) is 22.3 Å². The summed E-state index contributed by atoms with van der Waals surface area (Å²) in [6, 6.07) is 19.0. The Labute approximate surface area is 432 Å². The van der Waals surface area contributed by atoms with Crippen LogP contribution in [0.15, 0.2) is 103 Å². The average Bonchev–Trinajstić information content (AvgIpc) is 3.94. The van der Waals surface area contributed by atoms with E-state index in [1.54, 1.807) is 12.1 Å². The second kappa shape index (κ2) is 24.2. The maximum Gasteiger partial charge on any atom is 0.248 e. The van der Waals surface area contributed by atoms with Crippen LogP contribution in [0.2, 0.25) is 0 Å².